The van der Waals surface area contributed by atoms with Crippen LogP contribution in [0.1, 0.15) is 5.56 Å². The summed E-state index contributed by atoms with van der Waals surface area (Å²) in [4.78, 5) is 13.2. The third kappa shape index (κ3) is 4.87. The number of aromatic hydroxyl groups is 1. The van der Waals surface area contributed by atoms with Crippen LogP contribution in [0.3, 0.4) is 0 Å². The quantitative estimate of drug-likeness (QED) is 0.888. The number of nitrogens with zero attached hydrogens (tertiary/aromatic N) is 4. The van der Waals surface area contributed by atoms with E-state index in [1.54, 1.807) is 25.6 Å². The molecule has 0 atom stereocenters. The van der Waals surface area contributed by atoms with Crippen molar-refractivity contribution in [3.05, 3.63) is 42.2 Å². The lowest BCUT2D eigenvalue weighted by Gasteiger charge is -2.34. The van der Waals surface area contributed by atoms with Crippen LogP contribution in [0.5, 0.6) is 11.5 Å². The minimum absolute atomic E-state index is 0. The van der Waals surface area contributed by atoms with Crippen molar-refractivity contribution in [3.8, 4) is 11.5 Å². The van der Waals surface area contributed by atoms with Gasteiger partial charge in [-0.2, -0.15) is 0 Å². The van der Waals surface area contributed by atoms with Gasteiger partial charge in [0, 0.05) is 45.1 Å². The van der Waals surface area contributed by atoms with Crippen molar-refractivity contribution in [2.45, 2.75) is 6.54 Å². The molecule has 1 aromatic carbocycles. The fraction of sp³-hybridized carbons (Fsp3) is 0.375. The molecule has 1 aliphatic heterocycles. The summed E-state index contributed by atoms with van der Waals surface area (Å²) in [6.45, 7) is 4.60. The van der Waals surface area contributed by atoms with Crippen LogP contribution in [0.4, 0.5) is 5.95 Å². The van der Waals surface area contributed by atoms with Crippen LogP contribution in [0.15, 0.2) is 36.7 Å². The minimum Gasteiger partial charge on any atom is -0.504 e. The van der Waals surface area contributed by atoms with Crippen molar-refractivity contribution in [3.63, 3.8) is 0 Å². The lowest BCUT2D eigenvalue weighted by molar-refractivity contribution is 0.248. The highest BCUT2D eigenvalue weighted by atomic mass is 35.5. The molecule has 1 N–H and O–H groups in total. The molecule has 6 nitrogen and oxygen atoms in total. The number of benzene rings is 1. The van der Waals surface area contributed by atoms with Crippen LogP contribution in [-0.2, 0) is 6.54 Å². The second-order valence-corrected chi connectivity index (χ2v) is 5.32. The van der Waals surface area contributed by atoms with Crippen LogP contribution >= 0.6 is 24.8 Å². The topological polar surface area (TPSA) is 61.7 Å². The molecule has 0 saturated carbocycles. The Balaban J connectivity index is 0.00000144. The van der Waals surface area contributed by atoms with Gasteiger partial charge in [0.05, 0.1) is 7.11 Å². The van der Waals surface area contributed by atoms with Crippen LogP contribution in [0.2, 0.25) is 0 Å². The zero-order valence-corrected chi connectivity index (χ0v) is 15.1. The Labute approximate surface area is 154 Å². The lowest BCUT2D eigenvalue weighted by Crippen LogP contribution is -2.46. The number of ether oxygens (including phenoxy) is 1. The zero-order chi connectivity index (χ0) is 15.4. The summed E-state index contributed by atoms with van der Waals surface area (Å²) in [7, 11) is 1.57. The van der Waals surface area contributed by atoms with E-state index in [-0.39, 0.29) is 30.6 Å². The number of hydrogen-bond donors (Lipinski definition) is 1. The Morgan fingerprint density at radius 2 is 1.75 bits per heavy atom. The molecule has 0 radical (unpaired) electrons. The van der Waals surface area contributed by atoms with Gasteiger partial charge in [0.15, 0.2) is 11.5 Å². The molecule has 0 unspecified atom stereocenters. The first-order chi connectivity index (χ1) is 10.8. The smallest absolute Gasteiger partial charge is 0.225 e. The Kier molecular flexibility index (Phi) is 8.04. The molecule has 2 aromatic rings. The average molecular weight is 373 g/mol. The molecular formula is C16H22Cl2N4O2. The standard InChI is InChI=1S/C16H20N4O2.2ClH/c1-22-15-11-13(3-4-14(15)21)12-19-7-9-20(10-8-19)16-17-5-2-6-18-16;;/h2-6,11,21H,7-10,12H2,1H3;2*1H. The molecule has 1 fully saturated rings. The number of aromatic nitrogens is 2. The number of halogens is 2. The molecular weight excluding hydrogens is 351 g/mol. The van der Waals surface area contributed by atoms with Gasteiger partial charge in [-0.25, -0.2) is 9.97 Å². The van der Waals surface area contributed by atoms with Crippen LogP contribution in [-0.4, -0.2) is 53.3 Å². The highest BCUT2D eigenvalue weighted by Crippen LogP contribution is 2.27. The van der Waals surface area contributed by atoms with Gasteiger partial charge in [-0.3, -0.25) is 4.90 Å². The van der Waals surface area contributed by atoms with Gasteiger partial charge >= 0.3 is 0 Å². The predicted octanol–water partition coefficient (Wildman–Crippen LogP) is 2.36. The predicted molar refractivity (Wildman–Crippen MR) is 98.7 cm³/mol. The first-order valence-electron chi connectivity index (χ1n) is 7.36. The maximum atomic E-state index is 9.64. The van der Waals surface area contributed by atoms with Crippen LogP contribution in [0.25, 0.3) is 0 Å². The van der Waals surface area contributed by atoms with Crippen molar-refractivity contribution in [2.75, 3.05) is 38.2 Å². The highest BCUT2D eigenvalue weighted by molar-refractivity contribution is 5.85. The SMILES string of the molecule is COc1cc(CN2CCN(c3ncccn3)CC2)ccc1O.Cl.Cl. The number of anilines is 1. The van der Waals surface area contributed by atoms with Crippen molar-refractivity contribution in [1.29, 1.82) is 0 Å². The van der Waals surface area contributed by atoms with Crippen molar-refractivity contribution >= 4 is 30.8 Å². The van der Waals surface area contributed by atoms with E-state index in [1.165, 1.54) is 0 Å². The minimum atomic E-state index is 0. The summed E-state index contributed by atoms with van der Waals surface area (Å²) >= 11 is 0. The van der Waals surface area contributed by atoms with Crippen molar-refractivity contribution in [1.82, 2.24) is 14.9 Å². The number of methoxy groups -OCH3 is 1. The largest absolute Gasteiger partial charge is 0.504 e. The van der Waals surface area contributed by atoms with Crippen molar-refractivity contribution < 1.29 is 9.84 Å². The van der Waals surface area contributed by atoms with Gasteiger partial charge < -0.3 is 14.7 Å². The summed E-state index contributed by atoms with van der Waals surface area (Å²) in [5.41, 5.74) is 1.14. The van der Waals surface area contributed by atoms with Gasteiger partial charge in [-0.1, -0.05) is 6.07 Å². The third-order valence-corrected chi connectivity index (χ3v) is 3.86. The maximum Gasteiger partial charge on any atom is 0.225 e. The van der Waals surface area contributed by atoms with Crippen molar-refractivity contribution in [2.24, 2.45) is 0 Å². The molecule has 1 aliphatic rings. The van der Waals surface area contributed by atoms with E-state index in [1.807, 2.05) is 18.2 Å². The second kappa shape index (κ2) is 9.52. The summed E-state index contributed by atoms with van der Waals surface area (Å²) in [6, 6.07) is 7.34. The van der Waals surface area contributed by atoms with Gasteiger partial charge in [-0.05, 0) is 23.8 Å². The van der Waals surface area contributed by atoms with Gasteiger partial charge in [0.1, 0.15) is 0 Å². The average Bonchev–Trinajstić information content (AvgIpc) is 2.58. The van der Waals surface area contributed by atoms with Gasteiger partial charge in [0.25, 0.3) is 0 Å². The van der Waals surface area contributed by atoms with Crippen LogP contribution < -0.4 is 9.64 Å². The number of piperazine rings is 1. The maximum absolute atomic E-state index is 9.64. The van der Waals surface area contributed by atoms with Crippen LogP contribution in [0, 0.1) is 0 Å². The molecule has 1 aromatic heterocycles. The summed E-state index contributed by atoms with van der Waals surface area (Å²) < 4.78 is 5.16. The monoisotopic (exact) mass is 372 g/mol. The number of rotatable bonds is 4. The molecule has 8 heteroatoms. The molecule has 0 aliphatic carbocycles. The van der Waals surface area contributed by atoms with E-state index in [0.29, 0.717) is 5.75 Å². The summed E-state index contributed by atoms with van der Waals surface area (Å²) in [5.74, 6) is 1.50. The lowest BCUT2D eigenvalue weighted by atomic mass is 10.1. The molecule has 2 heterocycles. The first-order valence-corrected chi connectivity index (χ1v) is 7.36. The van der Waals surface area contributed by atoms with E-state index in [4.69, 9.17) is 4.74 Å². The molecule has 24 heavy (non-hydrogen) atoms. The van der Waals surface area contributed by atoms with E-state index >= 15 is 0 Å². The highest BCUT2D eigenvalue weighted by Gasteiger charge is 2.19. The third-order valence-electron chi connectivity index (χ3n) is 3.86. The van der Waals surface area contributed by atoms with Gasteiger partial charge in [0.2, 0.25) is 5.95 Å². The van der Waals surface area contributed by atoms with Gasteiger partial charge in [-0.15, -0.1) is 24.8 Å². The second-order valence-electron chi connectivity index (χ2n) is 5.32. The normalized spacial score (nSPS) is 14.5. The van der Waals surface area contributed by atoms with E-state index < -0.39 is 0 Å². The number of phenolic OH excluding ortho intramolecular Hbond substituents is 1. The first kappa shape index (κ1) is 20.3. The Hall–Kier alpha value is -1.76. The Morgan fingerprint density at radius 1 is 1.08 bits per heavy atom. The molecule has 3 rings (SSSR count). The summed E-state index contributed by atoms with van der Waals surface area (Å²) in [5, 5.41) is 9.64. The number of phenols is 1. The molecule has 0 amide bonds. The van der Waals surface area contributed by atoms with E-state index in [0.717, 1.165) is 44.2 Å². The molecule has 0 bridgehead atoms. The summed E-state index contributed by atoms with van der Waals surface area (Å²) in [6.07, 6.45) is 3.55. The number of hydrogen-bond acceptors (Lipinski definition) is 6. The molecule has 0 spiro atoms. The van der Waals surface area contributed by atoms with E-state index in [2.05, 4.69) is 19.8 Å². The molecule has 1 saturated heterocycles. The molecule has 132 valence electrons. The Bertz CT molecular complexity index is 623. The fourth-order valence-corrected chi connectivity index (χ4v) is 2.64. The Morgan fingerprint density at radius 3 is 2.38 bits per heavy atom. The fourth-order valence-electron chi connectivity index (χ4n) is 2.64. The zero-order valence-electron chi connectivity index (χ0n) is 13.5. The van der Waals surface area contributed by atoms with E-state index in [9.17, 15) is 5.11 Å².